The molecule has 11 heavy (non-hydrogen) atoms. The van der Waals surface area contributed by atoms with E-state index in [9.17, 15) is 4.39 Å². The highest BCUT2D eigenvalue weighted by molar-refractivity contribution is 5.10. The van der Waals surface area contributed by atoms with Crippen LogP contribution < -0.4 is 0 Å². The van der Waals surface area contributed by atoms with Gasteiger partial charge in [-0.15, -0.1) is 0 Å². The van der Waals surface area contributed by atoms with E-state index in [-0.39, 0.29) is 5.82 Å². The Morgan fingerprint density at radius 2 is 2.36 bits per heavy atom. The predicted octanol–water partition coefficient (Wildman–Crippen LogP) is 1.14. The molecule has 0 bridgehead atoms. The molecule has 3 heteroatoms. The molecular weight excluding hydrogens is 145 g/mol. The molecule has 0 aliphatic rings. The zero-order valence-electron chi connectivity index (χ0n) is 6.29. The molecule has 1 N–H and O–H groups in total. The van der Waals surface area contributed by atoms with E-state index in [1.807, 2.05) is 0 Å². The van der Waals surface area contributed by atoms with E-state index in [0.717, 1.165) is 11.8 Å². The lowest BCUT2D eigenvalue weighted by Gasteiger charge is -2.02. The van der Waals surface area contributed by atoms with Gasteiger partial charge < -0.3 is 5.11 Å². The second-order valence-corrected chi connectivity index (χ2v) is 2.56. The lowest BCUT2D eigenvalue weighted by atomic mass is 10.1. The number of aromatic nitrogens is 1. The molecule has 0 saturated heterocycles. The van der Waals surface area contributed by atoms with Crippen molar-refractivity contribution in [3.8, 4) is 0 Å². The Hall–Kier alpha value is -0.960. The van der Waals surface area contributed by atoms with Crippen LogP contribution in [0.2, 0.25) is 0 Å². The third-order valence-corrected chi connectivity index (χ3v) is 1.29. The number of aliphatic hydroxyl groups is 1. The maximum Gasteiger partial charge on any atom is 0.141 e. The number of aliphatic hydroxyl groups excluding tert-OH is 1. The molecule has 0 saturated carbocycles. The molecule has 1 aromatic heterocycles. The second kappa shape index (κ2) is 3.44. The Kier molecular flexibility index (Phi) is 2.54. The summed E-state index contributed by atoms with van der Waals surface area (Å²) in [5, 5.41) is 8.95. The van der Waals surface area contributed by atoms with E-state index >= 15 is 0 Å². The van der Waals surface area contributed by atoms with E-state index < -0.39 is 6.10 Å². The molecule has 1 heterocycles. The van der Waals surface area contributed by atoms with Crippen LogP contribution in [0.25, 0.3) is 0 Å². The van der Waals surface area contributed by atoms with Crippen LogP contribution in [-0.4, -0.2) is 16.2 Å². The highest BCUT2D eigenvalue weighted by Gasteiger charge is 1.99. The van der Waals surface area contributed by atoms with E-state index in [2.05, 4.69) is 4.98 Å². The maximum absolute atomic E-state index is 12.5. The fourth-order valence-electron chi connectivity index (χ4n) is 0.909. The van der Waals surface area contributed by atoms with Crippen molar-refractivity contribution in [2.45, 2.75) is 19.4 Å². The van der Waals surface area contributed by atoms with Crippen molar-refractivity contribution in [3.05, 3.63) is 29.8 Å². The Bertz CT molecular complexity index is 237. The van der Waals surface area contributed by atoms with Crippen LogP contribution >= 0.6 is 0 Å². The molecule has 1 rings (SSSR count). The number of hydrogen-bond donors (Lipinski definition) is 1. The minimum absolute atomic E-state index is 0.358. The van der Waals surface area contributed by atoms with Crippen LogP contribution in [0.3, 0.4) is 0 Å². The quantitative estimate of drug-likeness (QED) is 0.694. The normalized spacial score (nSPS) is 13.0. The van der Waals surface area contributed by atoms with Crippen molar-refractivity contribution in [2.75, 3.05) is 0 Å². The third kappa shape index (κ3) is 2.63. The zero-order chi connectivity index (χ0) is 8.27. The Labute approximate surface area is 64.7 Å². The fourth-order valence-corrected chi connectivity index (χ4v) is 0.909. The first-order valence-corrected chi connectivity index (χ1v) is 3.46. The number of pyridine rings is 1. The first-order valence-electron chi connectivity index (χ1n) is 3.46. The van der Waals surface area contributed by atoms with E-state index in [4.69, 9.17) is 5.11 Å². The van der Waals surface area contributed by atoms with Gasteiger partial charge in [0.1, 0.15) is 5.82 Å². The summed E-state index contributed by atoms with van der Waals surface area (Å²) >= 11 is 0. The smallest absolute Gasteiger partial charge is 0.141 e. The van der Waals surface area contributed by atoms with Crippen molar-refractivity contribution < 1.29 is 9.50 Å². The van der Waals surface area contributed by atoms with Gasteiger partial charge in [0, 0.05) is 6.20 Å². The number of hydrogen-bond acceptors (Lipinski definition) is 2. The zero-order valence-corrected chi connectivity index (χ0v) is 6.29. The lowest BCUT2D eigenvalue weighted by Crippen LogP contribution is -2.04. The molecule has 0 aliphatic carbocycles. The summed E-state index contributed by atoms with van der Waals surface area (Å²) in [4.78, 5) is 3.65. The molecule has 1 atom stereocenters. The SMILES string of the molecule is C[C@H](O)Cc1cncc(F)c1. The Morgan fingerprint density at radius 3 is 2.91 bits per heavy atom. The molecule has 0 unspecified atom stereocenters. The van der Waals surface area contributed by atoms with Crippen LogP contribution in [0, 0.1) is 5.82 Å². The van der Waals surface area contributed by atoms with Crippen molar-refractivity contribution in [1.29, 1.82) is 0 Å². The van der Waals surface area contributed by atoms with Gasteiger partial charge in [0.25, 0.3) is 0 Å². The molecule has 0 fully saturated rings. The van der Waals surface area contributed by atoms with Gasteiger partial charge >= 0.3 is 0 Å². The molecular formula is C8H10FNO. The monoisotopic (exact) mass is 155 g/mol. The lowest BCUT2D eigenvalue weighted by molar-refractivity contribution is 0.195. The summed E-state index contributed by atoms with van der Waals surface area (Å²) < 4.78 is 12.5. The van der Waals surface area contributed by atoms with E-state index in [1.54, 1.807) is 13.1 Å². The molecule has 1 aromatic rings. The fraction of sp³-hybridized carbons (Fsp3) is 0.375. The maximum atomic E-state index is 12.5. The van der Waals surface area contributed by atoms with Crippen LogP contribution in [0.5, 0.6) is 0 Å². The number of nitrogens with zero attached hydrogens (tertiary/aromatic N) is 1. The van der Waals surface area contributed by atoms with Crippen molar-refractivity contribution >= 4 is 0 Å². The minimum atomic E-state index is -0.446. The molecule has 0 aliphatic heterocycles. The second-order valence-electron chi connectivity index (χ2n) is 2.56. The average molecular weight is 155 g/mol. The first-order chi connectivity index (χ1) is 5.18. The van der Waals surface area contributed by atoms with Crippen LogP contribution in [0.1, 0.15) is 12.5 Å². The molecule has 2 nitrogen and oxygen atoms in total. The van der Waals surface area contributed by atoms with Crippen LogP contribution in [-0.2, 0) is 6.42 Å². The van der Waals surface area contributed by atoms with Gasteiger partial charge in [-0.3, -0.25) is 4.98 Å². The van der Waals surface area contributed by atoms with Gasteiger partial charge in [0.2, 0.25) is 0 Å². The Balaban J connectivity index is 2.71. The topological polar surface area (TPSA) is 33.1 Å². The predicted molar refractivity (Wildman–Crippen MR) is 39.6 cm³/mol. The van der Waals surface area contributed by atoms with E-state index in [0.29, 0.717) is 6.42 Å². The van der Waals surface area contributed by atoms with Crippen molar-refractivity contribution in [3.63, 3.8) is 0 Å². The molecule has 0 amide bonds. The summed E-state index contributed by atoms with van der Waals surface area (Å²) in [5.41, 5.74) is 0.722. The van der Waals surface area contributed by atoms with Gasteiger partial charge in [0.05, 0.1) is 12.3 Å². The van der Waals surface area contributed by atoms with Gasteiger partial charge in [-0.25, -0.2) is 4.39 Å². The highest BCUT2D eigenvalue weighted by Crippen LogP contribution is 2.03. The largest absolute Gasteiger partial charge is 0.393 e. The minimum Gasteiger partial charge on any atom is -0.393 e. The summed E-state index contributed by atoms with van der Waals surface area (Å²) in [6.07, 6.45) is 2.70. The van der Waals surface area contributed by atoms with E-state index in [1.165, 1.54) is 6.07 Å². The molecule has 0 aromatic carbocycles. The highest BCUT2D eigenvalue weighted by atomic mass is 19.1. The van der Waals surface area contributed by atoms with Crippen LogP contribution in [0.15, 0.2) is 18.5 Å². The van der Waals surface area contributed by atoms with Gasteiger partial charge in [-0.1, -0.05) is 0 Å². The van der Waals surface area contributed by atoms with Gasteiger partial charge in [-0.2, -0.15) is 0 Å². The number of halogens is 1. The first kappa shape index (κ1) is 8.14. The molecule has 0 radical (unpaired) electrons. The number of rotatable bonds is 2. The van der Waals surface area contributed by atoms with Crippen molar-refractivity contribution in [1.82, 2.24) is 4.98 Å². The summed E-state index contributed by atoms with van der Waals surface area (Å²) in [6, 6.07) is 1.37. The summed E-state index contributed by atoms with van der Waals surface area (Å²) in [5.74, 6) is -0.358. The van der Waals surface area contributed by atoms with Crippen LogP contribution in [0.4, 0.5) is 4.39 Å². The molecule has 60 valence electrons. The average Bonchev–Trinajstić information content (AvgIpc) is 1.85. The van der Waals surface area contributed by atoms with Gasteiger partial charge in [0.15, 0.2) is 0 Å². The summed E-state index contributed by atoms with van der Waals surface area (Å²) in [6.45, 7) is 1.66. The third-order valence-electron chi connectivity index (χ3n) is 1.29. The van der Waals surface area contributed by atoms with Crippen molar-refractivity contribution in [2.24, 2.45) is 0 Å². The van der Waals surface area contributed by atoms with Gasteiger partial charge in [-0.05, 0) is 25.0 Å². The standard InChI is InChI=1S/C8H10FNO/c1-6(11)2-7-3-8(9)5-10-4-7/h3-6,11H,2H2,1H3/t6-/m0/s1. The molecule has 0 spiro atoms. The summed E-state index contributed by atoms with van der Waals surface area (Å²) in [7, 11) is 0. The Morgan fingerprint density at radius 1 is 1.64 bits per heavy atom.